The topological polar surface area (TPSA) is 54.4 Å². The number of aliphatic hydroxyl groups excluding tert-OH is 1. The predicted molar refractivity (Wildman–Crippen MR) is 87.7 cm³/mol. The standard InChI is InChI=1S/C20H28O3/c1-12(21)20-10-7-14(22)11-13(20)3-4-15-16-5-6-18(23)19(16,2)9-8-17(15)20/h11-12,15-17,21H,3-10H2,1-2H3. The molecule has 4 aliphatic carbocycles. The van der Waals surface area contributed by atoms with E-state index in [1.54, 1.807) is 0 Å². The van der Waals surface area contributed by atoms with Gasteiger partial charge in [-0.25, -0.2) is 0 Å². The van der Waals surface area contributed by atoms with E-state index in [1.807, 2.05) is 13.0 Å². The maximum Gasteiger partial charge on any atom is 0.155 e. The molecule has 4 aliphatic rings. The lowest BCUT2D eigenvalue weighted by atomic mass is 9.46. The van der Waals surface area contributed by atoms with Crippen molar-refractivity contribution in [3.8, 4) is 0 Å². The SMILES string of the molecule is CC(O)C12CCC(=O)C=C1CCC1C3CCC(=O)C3(C)CCC12. The summed E-state index contributed by atoms with van der Waals surface area (Å²) in [5.41, 5.74) is 0.884. The zero-order chi connectivity index (χ0) is 16.4. The van der Waals surface area contributed by atoms with Crippen LogP contribution in [0.5, 0.6) is 0 Å². The maximum atomic E-state index is 12.4. The van der Waals surface area contributed by atoms with Gasteiger partial charge in [-0.05, 0) is 69.3 Å². The molecule has 0 spiro atoms. The molecule has 0 heterocycles. The fourth-order valence-corrected chi connectivity index (χ4v) is 6.83. The summed E-state index contributed by atoms with van der Waals surface area (Å²) in [6.07, 6.45) is 8.60. The second-order valence-electron chi connectivity index (χ2n) is 8.69. The molecule has 3 saturated carbocycles. The van der Waals surface area contributed by atoms with E-state index in [2.05, 4.69) is 6.92 Å². The minimum Gasteiger partial charge on any atom is -0.392 e. The van der Waals surface area contributed by atoms with Crippen molar-refractivity contribution >= 4 is 11.6 Å². The lowest BCUT2D eigenvalue weighted by molar-refractivity contribution is -0.136. The van der Waals surface area contributed by atoms with Gasteiger partial charge in [0.1, 0.15) is 5.78 Å². The van der Waals surface area contributed by atoms with E-state index in [4.69, 9.17) is 0 Å². The van der Waals surface area contributed by atoms with E-state index >= 15 is 0 Å². The summed E-state index contributed by atoms with van der Waals surface area (Å²) in [6, 6.07) is 0. The minimum atomic E-state index is -0.406. The van der Waals surface area contributed by atoms with Gasteiger partial charge in [0, 0.05) is 23.7 Å². The molecular weight excluding hydrogens is 288 g/mol. The van der Waals surface area contributed by atoms with Crippen LogP contribution in [0.15, 0.2) is 11.6 Å². The fourth-order valence-electron chi connectivity index (χ4n) is 6.83. The maximum absolute atomic E-state index is 12.4. The number of aliphatic hydroxyl groups is 1. The third-order valence-electron chi connectivity index (χ3n) is 8.02. The van der Waals surface area contributed by atoms with Crippen molar-refractivity contribution in [1.82, 2.24) is 0 Å². The molecule has 0 aromatic carbocycles. The largest absolute Gasteiger partial charge is 0.392 e. The van der Waals surface area contributed by atoms with Crippen molar-refractivity contribution in [3.63, 3.8) is 0 Å². The summed E-state index contributed by atoms with van der Waals surface area (Å²) in [7, 11) is 0. The van der Waals surface area contributed by atoms with Crippen LogP contribution in [0.2, 0.25) is 0 Å². The molecule has 0 bridgehead atoms. The molecule has 0 radical (unpaired) electrons. The van der Waals surface area contributed by atoms with Crippen LogP contribution in [0.4, 0.5) is 0 Å². The Morgan fingerprint density at radius 3 is 2.61 bits per heavy atom. The van der Waals surface area contributed by atoms with Gasteiger partial charge in [-0.15, -0.1) is 0 Å². The third-order valence-corrected chi connectivity index (χ3v) is 8.02. The molecule has 0 amide bonds. The molecular formula is C20H28O3. The summed E-state index contributed by atoms with van der Waals surface area (Å²) in [5.74, 6) is 2.17. The number of carbonyl (C=O) groups excluding carboxylic acids is 2. The van der Waals surface area contributed by atoms with Crippen LogP contribution >= 0.6 is 0 Å². The number of hydrogen-bond donors (Lipinski definition) is 1. The highest BCUT2D eigenvalue weighted by molar-refractivity contribution is 5.92. The Bertz CT molecular complexity index is 590. The van der Waals surface area contributed by atoms with Crippen LogP contribution in [0.3, 0.4) is 0 Å². The zero-order valence-corrected chi connectivity index (χ0v) is 14.3. The van der Waals surface area contributed by atoms with Crippen LogP contribution in [-0.4, -0.2) is 22.8 Å². The lowest BCUT2D eigenvalue weighted by Crippen LogP contribution is -2.55. The number of fused-ring (bicyclic) bond motifs is 5. The van der Waals surface area contributed by atoms with Gasteiger partial charge in [0.25, 0.3) is 0 Å². The normalized spacial score (nSPS) is 47.4. The Morgan fingerprint density at radius 2 is 1.87 bits per heavy atom. The number of rotatable bonds is 1. The molecule has 3 fully saturated rings. The van der Waals surface area contributed by atoms with Crippen molar-refractivity contribution in [3.05, 3.63) is 11.6 Å². The predicted octanol–water partition coefficient (Wildman–Crippen LogP) is 3.45. The highest BCUT2D eigenvalue weighted by Gasteiger charge is 2.61. The van der Waals surface area contributed by atoms with Gasteiger partial charge in [0.15, 0.2) is 5.78 Å². The molecule has 0 aromatic heterocycles. The number of ketones is 2. The van der Waals surface area contributed by atoms with Crippen molar-refractivity contribution in [1.29, 1.82) is 0 Å². The average molecular weight is 316 g/mol. The van der Waals surface area contributed by atoms with Crippen LogP contribution in [0.25, 0.3) is 0 Å². The molecule has 1 N–H and O–H groups in total. The second-order valence-corrected chi connectivity index (χ2v) is 8.69. The first-order valence-electron chi connectivity index (χ1n) is 9.35. The monoisotopic (exact) mass is 316 g/mol. The van der Waals surface area contributed by atoms with Crippen molar-refractivity contribution in [2.45, 2.75) is 71.3 Å². The molecule has 0 aromatic rings. The number of Topliss-reactive ketones (excluding diaryl/α,β-unsaturated/α-hetero) is 1. The highest BCUT2D eigenvalue weighted by atomic mass is 16.3. The van der Waals surface area contributed by atoms with Crippen molar-refractivity contribution in [2.75, 3.05) is 0 Å². The number of carbonyl (C=O) groups is 2. The van der Waals surface area contributed by atoms with Gasteiger partial charge in [-0.2, -0.15) is 0 Å². The third kappa shape index (κ3) is 1.92. The van der Waals surface area contributed by atoms with E-state index in [1.165, 1.54) is 5.57 Å². The molecule has 4 rings (SSSR count). The van der Waals surface area contributed by atoms with E-state index in [-0.39, 0.29) is 16.6 Å². The molecule has 6 atom stereocenters. The van der Waals surface area contributed by atoms with E-state index < -0.39 is 6.10 Å². The summed E-state index contributed by atoms with van der Waals surface area (Å²) in [4.78, 5) is 24.4. The quantitative estimate of drug-likeness (QED) is 0.806. The smallest absolute Gasteiger partial charge is 0.155 e. The minimum absolute atomic E-state index is 0.118. The average Bonchev–Trinajstić information content (AvgIpc) is 2.82. The summed E-state index contributed by atoms with van der Waals surface area (Å²) in [5, 5.41) is 10.7. The molecule has 3 heteroatoms. The van der Waals surface area contributed by atoms with Crippen molar-refractivity contribution < 1.29 is 14.7 Å². The second kappa shape index (κ2) is 5.02. The van der Waals surface area contributed by atoms with Crippen LogP contribution in [0, 0.1) is 28.6 Å². The van der Waals surface area contributed by atoms with Crippen LogP contribution < -0.4 is 0 Å². The first kappa shape index (κ1) is 15.6. The highest BCUT2D eigenvalue weighted by Crippen LogP contribution is 2.65. The van der Waals surface area contributed by atoms with E-state index in [9.17, 15) is 14.7 Å². The van der Waals surface area contributed by atoms with Gasteiger partial charge in [-0.1, -0.05) is 12.5 Å². The molecule has 0 aliphatic heterocycles. The van der Waals surface area contributed by atoms with Gasteiger partial charge >= 0.3 is 0 Å². The summed E-state index contributed by atoms with van der Waals surface area (Å²) < 4.78 is 0. The zero-order valence-electron chi connectivity index (χ0n) is 14.3. The van der Waals surface area contributed by atoms with E-state index in [0.717, 1.165) is 44.9 Å². The van der Waals surface area contributed by atoms with Crippen molar-refractivity contribution in [2.24, 2.45) is 28.6 Å². The van der Waals surface area contributed by atoms with Gasteiger partial charge in [0.05, 0.1) is 6.10 Å². The van der Waals surface area contributed by atoms with Gasteiger partial charge in [-0.3, -0.25) is 9.59 Å². The fraction of sp³-hybridized carbons (Fsp3) is 0.800. The summed E-state index contributed by atoms with van der Waals surface area (Å²) >= 11 is 0. The lowest BCUT2D eigenvalue weighted by Gasteiger charge is -2.59. The number of hydrogen-bond acceptors (Lipinski definition) is 3. The Morgan fingerprint density at radius 1 is 1.09 bits per heavy atom. The molecule has 3 nitrogen and oxygen atoms in total. The van der Waals surface area contributed by atoms with Gasteiger partial charge < -0.3 is 5.11 Å². The van der Waals surface area contributed by atoms with Crippen LogP contribution in [0.1, 0.15) is 65.2 Å². The Hall–Kier alpha value is -0.960. The Labute approximate surface area is 138 Å². The first-order valence-corrected chi connectivity index (χ1v) is 9.35. The van der Waals surface area contributed by atoms with E-state index in [0.29, 0.717) is 30.0 Å². The molecule has 23 heavy (non-hydrogen) atoms. The Balaban J connectivity index is 1.76. The van der Waals surface area contributed by atoms with Crippen LogP contribution in [-0.2, 0) is 9.59 Å². The first-order chi connectivity index (χ1) is 10.9. The Kier molecular flexibility index (Phi) is 3.39. The molecule has 0 saturated heterocycles. The molecule has 6 unspecified atom stereocenters. The van der Waals surface area contributed by atoms with Gasteiger partial charge in [0.2, 0.25) is 0 Å². The molecule has 126 valence electrons. The summed E-state index contributed by atoms with van der Waals surface area (Å²) in [6.45, 7) is 4.10.